The number of aromatic nitrogens is 1. The summed E-state index contributed by atoms with van der Waals surface area (Å²) in [5.74, 6) is -1.46. The third kappa shape index (κ3) is 4.69. The number of carboxylic acid groups (broad SMARTS) is 1. The van der Waals surface area contributed by atoms with Gasteiger partial charge >= 0.3 is 12.0 Å². The van der Waals surface area contributed by atoms with Crippen LogP contribution in [0.4, 0.5) is 10.5 Å². The third-order valence-electron chi connectivity index (χ3n) is 4.62. The number of pyridine rings is 1. The number of amides is 2. The van der Waals surface area contributed by atoms with Crippen LogP contribution >= 0.6 is 11.3 Å². The van der Waals surface area contributed by atoms with Crippen molar-refractivity contribution in [3.8, 4) is 16.9 Å². The number of hydrogen-bond acceptors (Lipinski definition) is 5. The van der Waals surface area contributed by atoms with Crippen LogP contribution in [0.3, 0.4) is 0 Å². The van der Waals surface area contributed by atoms with Gasteiger partial charge in [-0.1, -0.05) is 18.2 Å². The van der Waals surface area contributed by atoms with E-state index in [-0.39, 0.29) is 17.9 Å². The molecule has 2 amide bonds. The Morgan fingerprint density at radius 2 is 2.00 bits per heavy atom. The predicted octanol–water partition coefficient (Wildman–Crippen LogP) is 3.47. The van der Waals surface area contributed by atoms with E-state index in [1.54, 1.807) is 23.5 Å². The van der Waals surface area contributed by atoms with E-state index in [1.807, 2.05) is 29.8 Å². The van der Waals surface area contributed by atoms with Crippen LogP contribution in [0, 0.1) is 6.92 Å². The molecule has 0 fully saturated rings. The molecule has 0 aliphatic carbocycles. The number of aromatic hydroxyl groups is 1. The number of urea groups is 1. The number of carbonyl (C=O) groups is 2. The molecule has 0 saturated carbocycles. The largest absolute Gasteiger partial charge is 0.505 e. The quantitative estimate of drug-likeness (QED) is 0.480. The highest BCUT2D eigenvalue weighted by Crippen LogP contribution is 2.29. The van der Waals surface area contributed by atoms with Gasteiger partial charge < -0.3 is 25.4 Å². The lowest BCUT2D eigenvalue weighted by atomic mass is 9.98. The summed E-state index contributed by atoms with van der Waals surface area (Å²) < 4.78 is 1.21. The molecule has 0 aliphatic heterocycles. The topological polar surface area (TPSA) is 121 Å². The lowest BCUT2D eigenvalue weighted by Gasteiger charge is -2.19. The van der Waals surface area contributed by atoms with Crippen molar-refractivity contribution in [3.63, 3.8) is 0 Å². The van der Waals surface area contributed by atoms with Gasteiger partial charge in [-0.3, -0.25) is 9.59 Å². The first-order chi connectivity index (χ1) is 14.3. The first-order valence-electron chi connectivity index (χ1n) is 9.07. The molecule has 0 spiro atoms. The predicted molar refractivity (Wildman–Crippen MR) is 115 cm³/mol. The van der Waals surface area contributed by atoms with E-state index >= 15 is 0 Å². The molecule has 0 bridgehead atoms. The van der Waals surface area contributed by atoms with Crippen molar-refractivity contribution in [1.29, 1.82) is 0 Å². The Bertz CT molecular complexity index is 1150. The number of carboxylic acids is 1. The maximum absolute atomic E-state index is 12.5. The molecule has 2 aromatic heterocycles. The summed E-state index contributed by atoms with van der Waals surface area (Å²) in [6.45, 7) is 1.99. The van der Waals surface area contributed by atoms with E-state index in [1.165, 1.54) is 23.9 Å². The van der Waals surface area contributed by atoms with Gasteiger partial charge in [0.1, 0.15) is 5.75 Å². The Balaban J connectivity index is 1.86. The molecule has 3 rings (SSSR count). The number of aliphatic carboxylic acids is 1. The Kier molecular flexibility index (Phi) is 6.22. The van der Waals surface area contributed by atoms with Crippen molar-refractivity contribution < 1.29 is 19.8 Å². The number of nitrogens with one attached hydrogen (secondary N) is 2. The van der Waals surface area contributed by atoms with Crippen LogP contribution in [0.15, 0.2) is 52.1 Å². The number of rotatable bonds is 6. The standard InChI is InChI=1S/C21H21N3O5S/c1-12-10-30-11-15(12)13-4-3-5-14(8-13)16(9-18(26)27)22-21(29)23-19-17(25)6-7-24(2)20(19)28/h3-8,10-11,16,25H,9H2,1-2H3,(H,26,27)(H2,22,23,29)/t16-/m0/s1. The molecule has 0 aliphatic rings. The summed E-state index contributed by atoms with van der Waals surface area (Å²) in [6.07, 6.45) is 1.02. The van der Waals surface area contributed by atoms with Gasteiger partial charge in [-0.2, -0.15) is 11.3 Å². The summed E-state index contributed by atoms with van der Waals surface area (Å²) in [4.78, 5) is 36.0. The monoisotopic (exact) mass is 427 g/mol. The van der Waals surface area contributed by atoms with Crippen molar-refractivity contribution in [1.82, 2.24) is 9.88 Å². The molecule has 9 heteroatoms. The zero-order valence-electron chi connectivity index (χ0n) is 16.4. The highest BCUT2D eigenvalue weighted by atomic mass is 32.1. The molecular formula is C21H21N3O5S. The van der Waals surface area contributed by atoms with Crippen LogP contribution in [-0.4, -0.2) is 26.8 Å². The van der Waals surface area contributed by atoms with Gasteiger partial charge in [0.05, 0.1) is 12.5 Å². The summed E-state index contributed by atoms with van der Waals surface area (Å²) in [6, 6.07) is 6.93. The van der Waals surface area contributed by atoms with E-state index in [0.717, 1.165) is 16.7 Å². The second-order valence-electron chi connectivity index (χ2n) is 6.83. The van der Waals surface area contributed by atoms with Crippen molar-refractivity contribution >= 4 is 29.0 Å². The molecule has 3 aromatic rings. The lowest BCUT2D eigenvalue weighted by molar-refractivity contribution is -0.137. The van der Waals surface area contributed by atoms with Crippen molar-refractivity contribution in [2.45, 2.75) is 19.4 Å². The molecule has 4 N–H and O–H groups in total. The van der Waals surface area contributed by atoms with Crippen molar-refractivity contribution in [3.05, 3.63) is 68.8 Å². The zero-order valence-corrected chi connectivity index (χ0v) is 17.2. The molecule has 0 saturated heterocycles. The smallest absolute Gasteiger partial charge is 0.319 e. The average Bonchev–Trinajstić information content (AvgIpc) is 3.13. The second-order valence-corrected chi connectivity index (χ2v) is 7.58. The van der Waals surface area contributed by atoms with E-state index in [2.05, 4.69) is 10.6 Å². The van der Waals surface area contributed by atoms with Gasteiger partial charge in [-0.15, -0.1) is 0 Å². The highest BCUT2D eigenvalue weighted by molar-refractivity contribution is 7.08. The maximum atomic E-state index is 12.5. The Morgan fingerprint density at radius 1 is 1.23 bits per heavy atom. The van der Waals surface area contributed by atoms with Gasteiger partial charge in [-0.25, -0.2) is 4.79 Å². The van der Waals surface area contributed by atoms with Gasteiger partial charge in [0.2, 0.25) is 0 Å². The van der Waals surface area contributed by atoms with Gasteiger partial charge in [0, 0.05) is 13.2 Å². The van der Waals surface area contributed by atoms with E-state index < -0.39 is 23.6 Å². The fourth-order valence-corrected chi connectivity index (χ4v) is 3.91. The van der Waals surface area contributed by atoms with Gasteiger partial charge in [-0.05, 0) is 52.1 Å². The molecule has 30 heavy (non-hydrogen) atoms. The summed E-state index contributed by atoms with van der Waals surface area (Å²) in [7, 11) is 1.48. The number of thiophene rings is 1. The summed E-state index contributed by atoms with van der Waals surface area (Å²) >= 11 is 1.57. The Hall–Kier alpha value is -3.59. The van der Waals surface area contributed by atoms with Crippen LogP contribution in [-0.2, 0) is 11.8 Å². The first kappa shape index (κ1) is 21.1. The van der Waals surface area contributed by atoms with Gasteiger partial charge in [0.25, 0.3) is 5.56 Å². The van der Waals surface area contributed by atoms with Crippen LogP contribution in [0.5, 0.6) is 5.75 Å². The first-order valence-corrected chi connectivity index (χ1v) is 10.0. The fraction of sp³-hybridized carbons (Fsp3) is 0.190. The average molecular weight is 427 g/mol. The second kappa shape index (κ2) is 8.83. The molecule has 1 aromatic carbocycles. The SMILES string of the molecule is Cc1cscc1-c1cccc([C@H](CC(=O)O)NC(=O)Nc2c(O)ccn(C)c2=O)c1. The number of benzene rings is 1. The van der Waals surface area contributed by atoms with Crippen LogP contribution < -0.4 is 16.2 Å². The Labute approximate surface area is 176 Å². The van der Waals surface area contributed by atoms with Crippen LogP contribution in [0.25, 0.3) is 11.1 Å². The number of aryl methyl sites for hydroxylation is 2. The summed E-state index contributed by atoms with van der Waals surface area (Å²) in [5, 5.41) is 28.1. The van der Waals surface area contributed by atoms with E-state index in [4.69, 9.17) is 0 Å². The van der Waals surface area contributed by atoms with Crippen molar-refractivity contribution in [2.75, 3.05) is 5.32 Å². The maximum Gasteiger partial charge on any atom is 0.319 e. The lowest BCUT2D eigenvalue weighted by Crippen LogP contribution is -2.35. The minimum absolute atomic E-state index is 0.283. The molecular weight excluding hydrogens is 406 g/mol. The number of nitrogens with zero attached hydrogens (tertiary/aromatic N) is 1. The molecule has 0 unspecified atom stereocenters. The normalized spacial score (nSPS) is 11.7. The Morgan fingerprint density at radius 3 is 2.67 bits per heavy atom. The van der Waals surface area contributed by atoms with Crippen molar-refractivity contribution in [2.24, 2.45) is 7.05 Å². The van der Waals surface area contributed by atoms with Crippen LogP contribution in [0.2, 0.25) is 0 Å². The minimum atomic E-state index is -1.09. The zero-order chi connectivity index (χ0) is 21.8. The number of anilines is 1. The molecule has 2 heterocycles. The van der Waals surface area contributed by atoms with E-state index in [0.29, 0.717) is 5.56 Å². The number of carbonyl (C=O) groups excluding carboxylic acids is 1. The summed E-state index contributed by atoms with van der Waals surface area (Å²) in [5.41, 5.74) is 2.80. The minimum Gasteiger partial charge on any atom is -0.505 e. The molecule has 156 valence electrons. The molecule has 8 nitrogen and oxygen atoms in total. The molecule has 0 radical (unpaired) electrons. The fourth-order valence-electron chi connectivity index (χ4n) is 3.05. The highest BCUT2D eigenvalue weighted by Gasteiger charge is 2.20. The third-order valence-corrected chi connectivity index (χ3v) is 5.49. The van der Waals surface area contributed by atoms with Gasteiger partial charge in [0.15, 0.2) is 5.69 Å². The van der Waals surface area contributed by atoms with Crippen LogP contribution in [0.1, 0.15) is 23.6 Å². The molecule has 1 atom stereocenters. The van der Waals surface area contributed by atoms with E-state index in [9.17, 15) is 24.6 Å². The number of hydrogen-bond donors (Lipinski definition) is 4.